The Labute approximate surface area is 98.3 Å². The summed E-state index contributed by atoms with van der Waals surface area (Å²) in [4.78, 5) is 11.8. The molecule has 0 bridgehead atoms. The number of rotatable bonds is 3. The second-order valence-electron chi connectivity index (χ2n) is 3.81. The lowest BCUT2D eigenvalue weighted by atomic mass is 10.0. The van der Waals surface area contributed by atoms with Gasteiger partial charge in [-0.25, -0.2) is 0 Å². The van der Waals surface area contributed by atoms with Gasteiger partial charge in [0, 0.05) is 11.8 Å². The zero-order valence-corrected chi connectivity index (χ0v) is 10.0. The minimum absolute atomic E-state index is 0.0250. The molecule has 0 fully saturated rings. The van der Waals surface area contributed by atoms with Gasteiger partial charge in [-0.1, -0.05) is 22.7 Å². The first-order chi connectivity index (χ1) is 7.66. The van der Waals surface area contributed by atoms with Gasteiger partial charge in [0.2, 0.25) is 0 Å². The van der Waals surface area contributed by atoms with Crippen molar-refractivity contribution in [3.63, 3.8) is 0 Å². The molecule has 1 heterocycles. The van der Waals surface area contributed by atoms with E-state index >= 15 is 0 Å². The second kappa shape index (κ2) is 4.53. The molecule has 0 aliphatic carbocycles. The highest BCUT2D eigenvalue weighted by molar-refractivity contribution is 7.03. The summed E-state index contributed by atoms with van der Waals surface area (Å²) in [5.74, 6) is 0.0250. The lowest BCUT2D eigenvalue weighted by Gasteiger charge is -2.03. The number of Topliss-reactive ketones (excluding diaryl/α,β-unsaturated/α-hetero) is 1. The first-order valence-electron chi connectivity index (χ1n) is 5.03. The maximum atomic E-state index is 11.8. The van der Waals surface area contributed by atoms with Gasteiger partial charge in [-0.3, -0.25) is 4.79 Å². The molecule has 16 heavy (non-hydrogen) atoms. The van der Waals surface area contributed by atoms with E-state index in [0.717, 1.165) is 5.56 Å². The van der Waals surface area contributed by atoms with Gasteiger partial charge in [-0.15, -0.1) is 5.10 Å². The van der Waals surface area contributed by atoms with Crippen LogP contribution < -0.4 is 0 Å². The summed E-state index contributed by atoms with van der Waals surface area (Å²) >= 11 is 1.20. The predicted octanol–water partition coefficient (Wildman–Crippen LogP) is 2.58. The van der Waals surface area contributed by atoms with E-state index in [-0.39, 0.29) is 5.78 Å². The Kier molecular flexibility index (Phi) is 3.10. The molecule has 0 amide bonds. The summed E-state index contributed by atoms with van der Waals surface area (Å²) in [6.45, 7) is 4.11. The van der Waals surface area contributed by atoms with Gasteiger partial charge in [0.05, 0.1) is 0 Å². The van der Waals surface area contributed by atoms with Crippen molar-refractivity contribution < 1.29 is 4.79 Å². The van der Waals surface area contributed by atoms with Crippen LogP contribution in [0.4, 0.5) is 0 Å². The molecular weight excluding hydrogens is 220 g/mol. The molecule has 0 aliphatic rings. The standard InChI is InChI=1S/C12H12N2OS/c1-8-3-4-10(5-9(8)2)6-12(15)11-7-16-14-13-11/h3-5,7H,6H2,1-2H3. The summed E-state index contributed by atoms with van der Waals surface area (Å²) in [7, 11) is 0. The Morgan fingerprint density at radius 2 is 2.12 bits per heavy atom. The van der Waals surface area contributed by atoms with Gasteiger partial charge in [-0.05, 0) is 42.1 Å². The van der Waals surface area contributed by atoms with Gasteiger partial charge in [0.25, 0.3) is 0 Å². The van der Waals surface area contributed by atoms with Crippen LogP contribution in [0.2, 0.25) is 0 Å². The first-order valence-corrected chi connectivity index (χ1v) is 5.87. The number of carbonyl (C=O) groups is 1. The maximum absolute atomic E-state index is 11.8. The van der Waals surface area contributed by atoms with Crippen LogP contribution in [0.25, 0.3) is 0 Å². The van der Waals surface area contributed by atoms with Gasteiger partial charge < -0.3 is 0 Å². The summed E-state index contributed by atoms with van der Waals surface area (Å²) < 4.78 is 3.69. The average Bonchev–Trinajstić information content (AvgIpc) is 2.77. The number of hydrogen-bond acceptors (Lipinski definition) is 4. The molecule has 0 N–H and O–H groups in total. The topological polar surface area (TPSA) is 42.9 Å². The average molecular weight is 232 g/mol. The molecule has 0 saturated heterocycles. The predicted molar refractivity (Wildman–Crippen MR) is 63.9 cm³/mol. The molecule has 0 saturated carbocycles. The van der Waals surface area contributed by atoms with Crippen LogP contribution in [-0.2, 0) is 6.42 Å². The van der Waals surface area contributed by atoms with Crippen LogP contribution >= 0.6 is 11.5 Å². The van der Waals surface area contributed by atoms with Crippen LogP contribution in [-0.4, -0.2) is 15.4 Å². The van der Waals surface area contributed by atoms with E-state index in [1.165, 1.54) is 22.7 Å². The SMILES string of the molecule is Cc1ccc(CC(=O)c2csnn2)cc1C. The smallest absolute Gasteiger partial charge is 0.188 e. The number of carbonyl (C=O) groups excluding carboxylic acids is 1. The van der Waals surface area contributed by atoms with Gasteiger partial charge in [0.15, 0.2) is 5.78 Å². The number of hydrogen-bond donors (Lipinski definition) is 0. The molecule has 4 heteroatoms. The van der Waals surface area contributed by atoms with Crippen molar-refractivity contribution in [1.82, 2.24) is 9.59 Å². The van der Waals surface area contributed by atoms with Crippen LogP contribution in [0.1, 0.15) is 27.2 Å². The molecule has 0 atom stereocenters. The van der Waals surface area contributed by atoms with E-state index in [0.29, 0.717) is 12.1 Å². The van der Waals surface area contributed by atoms with E-state index < -0.39 is 0 Å². The molecule has 2 aromatic rings. The minimum atomic E-state index is 0.0250. The second-order valence-corrected chi connectivity index (χ2v) is 4.42. The number of benzene rings is 1. The lowest BCUT2D eigenvalue weighted by molar-refractivity contribution is 0.0988. The highest BCUT2D eigenvalue weighted by atomic mass is 32.1. The zero-order valence-electron chi connectivity index (χ0n) is 9.23. The third-order valence-corrected chi connectivity index (χ3v) is 3.09. The Hall–Kier alpha value is -1.55. The number of aryl methyl sites for hydroxylation is 2. The molecule has 1 aromatic carbocycles. The van der Waals surface area contributed by atoms with Crippen molar-refractivity contribution in [2.24, 2.45) is 0 Å². The van der Waals surface area contributed by atoms with Gasteiger partial charge in [-0.2, -0.15) is 0 Å². The highest BCUT2D eigenvalue weighted by Gasteiger charge is 2.10. The van der Waals surface area contributed by atoms with E-state index in [2.05, 4.69) is 16.5 Å². The maximum Gasteiger partial charge on any atom is 0.188 e. The Morgan fingerprint density at radius 1 is 1.31 bits per heavy atom. The summed E-state index contributed by atoms with van der Waals surface area (Å²) in [5, 5.41) is 5.46. The van der Waals surface area contributed by atoms with Crippen LogP contribution in [0.3, 0.4) is 0 Å². The lowest BCUT2D eigenvalue weighted by Crippen LogP contribution is -2.04. The normalized spacial score (nSPS) is 10.4. The monoisotopic (exact) mass is 232 g/mol. The Morgan fingerprint density at radius 3 is 2.75 bits per heavy atom. The highest BCUT2D eigenvalue weighted by Crippen LogP contribution is 2.12. The minimum Gasteiger partial charge on any atom is -0.292 e. The molecule has 2 rings (SSSR count). The summed E-state index contributed by atoms with van der Waals surface area (Å²) in [6.07, 6.45) is 0.395. The van der Waals surface area contributed by atoms with Crippen LogP contribution in [0.5, 0.6) is 0 Å². The fourth-order valence-corrected chi connectivity index (χ4v) is 1.94. The fourth-order valence-electron chi connectivity index (χ4n) is 1.48. The Bertz CT molecular complexity index is 506. The first kappa shape index (κ1) is 11.0. The van der Waals surface area contributed by atoms with Crippen LogP contribution in [0, 0.1) is 13.8 Å². The third kappa shape index (κ3) is 2.33. The van der Waals surface area contributed by atoms with Crippen molar-refractivity contribution >= 4 is 17.3 Å². The van der Waals surface area contributed by atoms with Crippen molar-refractivity contribution in [3.05, 3.63) is 46.0 Å². The van der Waals surface area contributed by atoms with Gasteiger partial charge >= 0.3 is 0 Å². The van der Waals surface area contributed by atoms with Crippen LogP contribution in [0.15, 0.2) is 23.6 Å². The molecule has 0 spiro atoms. The van der Waals surface area contributed by atoms with Crippen molar-refractivity contribution in [1.29, 1.82) is 0 Å². The van der Waals surface area contributed by atoms with Crippen molar-refractivity contribution in [2.75, 3.05) is 0 Å². The third-order valence-electron chi connectivity index (χ3n) is 2.58. The summed E-state index contributed by atoms with van der Waals surface area (Å²) in [6, 6.07) is 6.07. The molecule has 0 radical (unpaired) electrons. The van der Waals surface area contributed by atoms with E-state index in [9.17, 15) is 4.79 Å². The molecule has 0 aliphatic heterocycles. The van der Waals surface area contributed by atoms with E-state index in [4.69, 9.17) is 0 Å². The molecular formula is C12H12N2OS. The Balaban J connectivity index is 2.15. The molecule has 82 valence electrons. The quantitative estimate of drug-likeness (QED) is 0.764. The number of ketones is 1. The summed E-state index contributed by atoms with van der Waals surface area (Å²) in [5.41, 5.74) is 3.94. The largest absolute Gasteiger partial charge is 0.292 e. The number of aromatic nitrogens is 2. The van der Waals surface area contributed by atoms with Gasteiger partial charge in [0.1, 0.15) is 5.69 Å². The molecule has 1 aromatic heterocycles. The number of nitrogens with zero attached hydrogens (tertiary/aromatic N) is 2. The van der Waals surface area contributed by atoms with E-state index in [1.54, 1.807) is 5.38 Å². The van der Waals surface area contributed by atoms with Crippen molar-refractivity contribution in [2.45, 2.75) is 20.3 Å². The molecule has 0 unspecified atom stereocenters. The van der Waals surface area contributed by atoms with E-state index in [1.807, 2.05) is 25.1 Å². The zero-order chi connectivity index (χ0) is 11.5. The molecule has 3 nitrogen and oxygen atoms in total. The fraction of sp³-hybridized carbons (Fsp3) is 0.250. The van der Waals surface area contributed by atoms with Crippen molar-refractivity contribution in [3.8, 4) is 0 Å².